The predicted molar refractivity (Wildman–Crippen MR) is 260 cm³/mol. The van der Waals surface area contributed by atoms with E-state index in [2.05, 4.69) is 13.8 Å². The van der Waals surface area contributed by atoms with Gasteiger partial charge in [-0.1, -0.05) is 142 Å². The highest BCUT2D eigenvalue weighted by Crippen LogP contribution is 2.45. The third-order valence-corrected chi connectivity index (χ3v) is 12.7. The van der Waals surface area contributed by atoms with Gasteiger partial charge < -0.3 is 9.47 Å². The van der Waals surface area contributed by atoms with Gasteiger partial charge in [-0.3, -0.25) is 29.0 Å². The summed E-state index contributed by atoms with van der Waals surface area (Å²) in [5.41, 5.74) is 1.31. The maximum atomic E-state index is 15.7. The number of carbonyl (C=O) groups is 4. The van der Waals surface area contributed by atoms with Crippen molar-refractivity contribution in [1.82, 2.24) is 0 Å². The van der Waals surface area contributed by atoms with Crippen molar-refractivity contribution in [3.05, 3.63) is 107 Å². The van der Waals surface area contributed by atoms with Crippen LogP contribution in [-0.4, -0.2) is 36.6 Å². The number of hydrogen-bond acceptors (Lipinski definition) is 6. The van der Waals surface area contributed by atoms with Gasteiger partial charge in [0.25, 0.3) is 0 Å². The lowest BCUT2D eigenvalue weighted by atomic mass is 10.0. The van der Waals surface area contributed by atoms with Crippen molar-refractivity contribution in [2.24, 2.45) is 0 Å². The summed E-state index contributed by atoms with van der Waals surface area (Å²) in [6.45, 7) is 7.94. The topological polar surface area (TPSA) is 93.2 Å². The lowest BCUT2D eigenvalue weighted by Gasteiger charge is -2.23. The minimum Gasteiger partial charge on any atom is -0.493 e. The molecular weight excluding hydrogens is 835 g/mol. The molecule has 0 radical (unpaired) electrons. The van der Waals surface area contributed by atoms with Crippen LogP contribution in [0, 0.1) is 11.6 Å². The Bertz CT molecular complexity index is 2210. The number of amides is 2. The Morgan fingerprint density at radius 3 is 1.08 bits per heavy atom. The number of anilines is 2. The zero-order valence-corrected chi connectivity index (χ0v) is 39.6. The van der Waals surface area contributed by atoms with Crippen LogP contribution in [0.4, 0.5) is 20.2 Å². The first-order valence-electron chi connectivity index (χ1n) is 24.6. The van der Waals surface area contributed by atoms with Crippen LogP contribution in [0.15, 0.2) is 84.2 Å². The van der Waals surface area contributed by atoms with Crippen molar-refractivity contribution in [1.29, 1.82) is 0 Å². The molecule has 0 aromatic heterocycles. The van der Waals surface area contributed by atoms with E-state index in [9.17, 15) is 19.2 Å². The number of allylic oxidation sites excluding steroid dienone is 2. The van der Waals surface area contributed by atoms with Crippen LogP contribution in [-0.2, 0) is 9.59 Å². The second kappa shape index (κ2) is 24.8. The number of unbranched alkanes of at least 4 members (excludes halogenated alkanes) is 18. The highest BCUT2D eigenvalue weighted by Gasteiger charge is 2.45. The molecule has 2 aliphatic rings. The minimum atomic E-state index is -0.634. The summed E-state index contributed by atoms with van der Waals surface area (Å²) < 4.78 is 43.1. The number of ketones is 2. The van der Waals surface area contributed by atoms with Gasteiger partial charge >= 0.3 is 0 Å². The number of hydrogen-bond donors (Lipinski definition) is 0. The van der Waals surface area contributed by atoms with Gasteiger partial charge in [0.05, 0.1) is 24.6 Å². The fraction of sp³-hybridized carbons (Fsp3) is 0.464. The highest BCUT2D eigenvalue weighted by atomic mass is 19.1. The van der Waals surface area contributed by atoms with E-state index in [-0.39, 0.29) is 45.0 Å². The van der Waals surface area contributed by atoms with E-state index >= 15 is 8.78 Å². The first-order valence-corrected chi connectivity index (χ1v) is 24.6. The lowest BCUT2D eigenvalue weighted by molar-refractivity contribution is -0.117. The largest absolute Gasteiger partial charge is 0.493 e. The van der Waals surface area contributed by atoms with E-state index in [0.29, 0.717) is 35.8 Å². The number of halogens is 2. The van der Waals surface area contributed by atoms with E-state index in [1.165, 1.54) is 128 Å². The van der Waals surface area contributed by atoms with Crippen molar-refractivity contribution in [3.8, 4) is 33.8 Å². The molecule has 6 rings (SSSR count). The van der Waals surface area contributed by atoms with E-state index in [0.717, 1.165) is 48.3 Å². The summed E-state index contributed by atoms with van der Waals surface area (Å²) in [6.07, 6.45) is 24.1. The van der Waals surface area contributed by atoms with Crippen LogP contribution in [0.25, 0.3) is 22.3 Å². The Morgan fingerprint density at radius 2 is 0.758 bits per heavy atom. The molecule has 4 aromatic carbocycles. The van der Waals surface area contributed by atoms with E-state index in [4.69, 9.17) is 9.47 Å². The van der Waals surface area contributed by atoms with Gasteiger partial charge in [0.2, 0.25) is 23.4 Å². The van der Waals surface area contributed by atoms with Crippen LogP contribution in [0.5, 0.6) is 11.5 Å². The van der Waals surface area contributed by atoms with Gasteiger partial charge in [-0.15, -0.1) is 0 Å². The molecule has 10 heteroatoms. The summed E-state index contributed by atoms with van der Waals surface area (Å²) >= 11 is 0. The standard InChI is InChI=1S/C56H68F2N2O6/c1-5-7-9-11-13-15-17-19-21-23-33-65-43-27-31-45(49(57)37-43)41-25-29-47-51(35-41)59(39(3)61)53(55(47)63)54-56(64)48-30-26-42(36-52(48)60(54)40(4)62)46-32-28-44(38-50(46)58)66-34-24-22-20-18-16-14-12-10-8-6-2/h25-32,35-38H,5-24,33-34H2,1-4H3/b54-53+. The van der Waals surface area contributed by atoms with E-state index < -0.39 is 35.0 Å². The van der Waals surface area contributed by atoms with Crippen molar-refractivity contribution < 1.29 is 37.4 Å². The Kier molecular flexibility index (Phi) is 18.7. The molecule has 2 aliphatic heterocycles. The molecule has 0 fully saturated rings. The fourth-order valence-electron chi connectivity index (χ4n) is 9.13. The molecular formula is C56H68F2N2O6. The molecule has 0 saturated carbocycles. The molecule has 0 N–H and O–H groups in total. The quantitative estimate of drug-likeness (QED) is 0.0460. The molecule has 0 bridgehead atoms. The molecule has 0 atom stereocenters. The number of Topliss-reactive ketones (excluding diaryl/α,β-unsaturated/α-hetero) is 2. The molecule has 0 aliphatic carbocycles. The molecule has 0 saturated heterocycles. The first kappa shape index (κ1) is 49.8. The maximum Gasteiger partial charge on any atom is 0.228 e. The highest BCUT2D eigenvalue weighted by molar-refractivity contribution is 6.34. The summed E-state index contributed by atoms with van der Waals surface area (Å²) in [4.78, 5) is 57.6. The molecule has 2 amide bonds. The zero-order valence-electron chi connectivity index (χ0n) is 39.6. The van der Waals surface area contributed by atoms with Crippen LogP contribution < -0.4 is 19.3 Å². The third kappa shape index (κ3) is 12.4. The Hall–Kier alpha value is -5.64. The molecule has 4 aromatic rings. The number of ether oxygens (including phenoxy) is 2. The fourth-order valence-corrected chi connectivity index (χ4v) is 9.13. The summed E-state index contributed by atoms with van der Waals surface area (Å²) in [5.74, 6) is -2.67. The van der Waals surface area contributed by atoms with Gasteiger partial charge in [0.1, 0.15) is 34.5 Å². The summed E-state index contributed by atoms with van der Waals surface area (Å²) in [5, 5.41) is 0. The Labute approximate surface area is 390 Å². The van der Waals surface area contributed by atoms with Crippen molar-refractivity contribution in [2.75, 3.05) is 23.0 Å². The van der Waals surface area contributed by atoms with Crippen molar-refractivity contribution in [3.63, 3.8) is 0 Å². The van der Waals surface area contributed by atoms with Crippen LogP contribution in [0.1, 0.15) is 177 Å². The van der Waals surface area contributed by atoms with Crippen LogP contribution in [0.2, 0.25) is 0 Å². The molecule has 8 nitrogen and oxygen atoms in total. The molecule has 0 spiro atoms. The number of carbonyl (C=O) groups excluding carboxylic acids is 4. The van der Waals surface area contributed by atoms with Crippen molar-refractivity contribution >= 4 is 34.8 Å². The van der Waals surface area contributed by atoms with Gasteiger partial charge in [0, 0.05) is 48.2 Å². The molecule has 2 heterocycles. The maximum absolute atomic E-state index is 15.7. The molecule has 0 unspecified atom stereocenters. The average Bonchev–Trinajstić information content (AvgIpc) is 3.76. The smallest absolute Gasteiger partial charge is 0.228 e. The van der Waals surface area contributed by atoms with E-state index in [1.54, 1.807) is 48.5 Å². The number of rotatable bonds is 26. The number of benzene rings is 4. The Morgan fingerprint density at radius 1 is 0.439 bits per heavy atom. The number of fused-ring (bicyclic) bond motifs is 2. The molecule has 66 heavy (non-hydrogen) atoms. The van der Waals surface area contributed by atoms with Crippen LogP contribution >= 0.6 is 0 Å². The average molecular weight is 903 g/mol. The van der Waals surface area contributed by atoms with Gasteiger partial charge in [-0.25, -0.2) is 8.78 Å². The second-order valence-electron chi connectivity index (χ2n) is 17.9. The van der Waals surface area contributed by atoms with Gasteiger partial charge in [0.15, 0.2) is 0 Å². The van der Waals surface area contributed by atoms with Crippen molar-refractivity contribution in [2.45, 2.75) is 156 Å². The SMILES string of the molecule is CCCCCCCCCCCCOc1ccc(-c2ccc3c(c2)N(C(C)=O)/C(=C2\C(=O)c4ccc(-c5ccc(OCCCCCCCCCCCC)cc5F)cc4N2C(C)=O)C3=O)c(F)c1. The minimum absolute atomic E-state index is 0.124. The van der Waals surface area contributed by atoms with Crippen LogP contribution in [0.3, 0.4) is 0 Å². The van der Waals surface area contributed by atoms with E-state index in [1.807, 2.05) is 0 Å². The first-order chi connectivity index (χ1) is 32.0. The lowest BCUT2D eigenvalue weighted by Crippen LogP contribution is -2.34. The van der Waals surface area contributed by atoms with Gasteiger partial charge in [-0.2, -0.15) is 0 Å². The zero-order chi connectivity index (χ0) is 47.0. The van der Waals surface area contributed by atoms with Gasteiger partial charge in [-0.05, 0) is 72.5 Å². The number of nitrogens with zero attached hydrogens (tertiary/aromatic N) is 2. The molecule has 352 valence electrons. The summed E-state index contributed by atoms with van der Waals surface area (Å²) in [7, 11) is 0. The monoisotopic (exact) mass is 903 g/mol. The predicted octanol–water partition coefficient (Wildman–Crippen LogP) is 14.9. The Balaban J connectivity index is 1.12. The normalized spacial score (nSPS) is 14.3. The second-order valence-corrected chi connectivity index (χ2v) is 17.9. The summed E-state index contributed by atoms with van der Waals surface area (Å²) in [6, 6.07) is 18.6. The third-order valence-electron chi connectivity index (χ3n) is 12.7.